The second-order valence-corrected chi connectivity index (χ2v) is 6.35. The molecule has 0 aliphatic rings. The molecule has 7 heteroatoms. The fourth-order valence-corrected chi connectivity index (χ4v) is 3.00. The number of para-hydroxylation sites is 2. The molecule has 0 atom stereocenters. The molecule has 0 fully saturated rings. The molecule has 7 nitrogen and oxygen atoms in total. The molecule has 1 N–H and O–H groups in total. The van der Waals surface area contributed by atoms with Crippen LogP contribution < -0.4 is 14.8 Å². The monoisotopic (exact) mass is 401 g/mol. The van der Waals surface area contributed by atoms with Crippen molar-refractivity contribution in [2.45, 2.75) is 0 Å². The third-order valence-corrected chi connectivity index (χ3v) is 4.53. The highest BCUT2D eigenvalue weighted by atomic mass is 16.5. The first kappa shape index (κ1) is 19.2. The molecule has 3 aromatic carbocycles. The maximum absolute atomic E-state index is 13.0. The van der Waals surface area contributed by atoms with Gasteiger partial charge in [-0.2, -0.15) is 4.98 Å². The lowest BCUT2D eigenvalue weighted by molar-refractivity contribution is 0.102. The fraction of sp³-hybridized carbons (Fsp3) is 0.0870. The van der Waals surface area contributed by atoms with Gasteiger partial charge in [0, 0.05) is 5.56 Å². The quantitative estimate of drug-likeness (QED) is 0.505. The molecule has 4 rings (SSSR count). The maximum atomic E-state index is 13.0. The average Bonchev–Trinajstić information content (AvgIpc) is 3.29. The van der Waals surface area contributed by atoms with Gasteiger partial charge in [-0.25, -0.2) is 0 Å². The molecule has 1 heterocycles. The number of nitrogens with one attached hydrogen (secondary N) is 1. The summed E-state index contributed by atoms with van der Waals surface area (Å²) in [6, 6.07) is 21.6. The van der Waals surface area contributed by atoms with Gasteiger partial charge in [-0.05, 0) is 48.5 Å². The SMILES string of the molecule is COc1ccc(-c2noc(-c3ccccc3C(=O)Nc3ccccc3OC)n2)cc1. The minimum Gasteiger partial charge on any atom is -0.497 e. The molecule has 4 aromatic rings. The number of aromatic nitrogens is 2. The first-order valence-electron chi connectivity index (χ1n) is 9.21. The van der Waals surface area contributed by atoms with Crippen molar-refractivity contribution in [3.05, 3.63) is 78.4 Å². The Morgan fingerprint density at radius 1 is 0.900 bits per heavy atom. The Bertz CT molecular complexity index is 1170. The Hall–Kier alpha value is -4.13. The van der Waals surface area contributed by atoms with Crippen molar-refractivity contribution < 1.29 is 18.8 Å². The van der Waals surface area contributed by atoms with Gasteiger partial charge in [0.05, 0.1) is 31.0 Å². The summed E-state index contributed by atoms with van der Waals surface area (Å²) in [5.74, 6) is 1.68. The Balaban J connectivity index is 1.63. The van der Waals surface area contributed by atoms with Crippen LogP contribution >= 0.6 is 0 Å². The molecule has 0 saturated heterocycles. The molecule has 0 saturated carbocycles. The number of hydrogen-bond donors (Lipinski definition) is 1. The maximum Gasteiger partial charge on any atom is 0.259 e. The predicted octanol–water partition coefficient (Wildman–Crippen LogP) is 4.67. The summed E-state index contributed by atoms with van der Waals surface area (Å²) >= 11 is 0. The number of ether oxygens (including phenoxy) is 2. The summed E-state index contributed by atoms with van der Waals surface area (Å²) in [5.41, 5.74) is 2.30. The van der Waals surface area contributed by atoms with Gasteiger partial charge >= 0.3 is 0 Å². The lowest BCUT2D eigenvalue weighted by atomic mass is 10.1. The molecule has 0 spiro atoms. The highest BCUT2D eigenvalue weighted by Crippen LogP contribution is 2.28. The first-order valence-corrected chi connectivity index (χ1v) is 9.21. The van der Waals surface area contributed by atoms with Crippen molar-refractivity contribution in [2.75, 3.05) is 19.5 Å². The van der Waals surface area contributed by atoms with Crippen molar-refractivity contribution in [3.63, 3.8) is 0 Å². The van der Waals surface area contributed by atoms with Gasteiger partial charge in [0.1, 0.15) is 11.5 Å². The van der Waals surface area contributed by atoms with Gasteiger partial charge in [0.15, 0.2) is 0 Å². The van der Waals surface area contributed by atoms with E-state index in [-0.39, 0.29) is 11.8 Å². The van der Waals surface area contributed by atoms with Crippen LogP contribution in [0.25, 0.3) is 22.8 Å². The van der Waals surface area contributed by atoms with Gasteiger partial charge in [0.2, 0.25) is 5.82 Å². The highest BCUT2D eigenvalue weighted by molar-refractivity contribution is 6.08. The smallest absolute Gasteiger partial charge is 0.259 e. The molecule has 150 valence electrons. The zero-order valence-corrected chi connectivity index (χ0v) is 16.5. The van der Waals surface area contributed by atoms with E-state index in [1.807, 2.05) is 42.5 Å². The Morgan fingerprint density at radius 3 is 2.40 bits per heavy atom. The van der Waals surface area contributed by atoms with E-state index in [9.17, 15) is 4.79 Å². The van der Waals surface area contributed by atoms with Crippen molar-refractivity contribution in [2.24, 2.45) is 0 Å². The topological polar surface area (TPSA) is 86.5 Å². The molecule has 1 amide bonds. The number of anilines is 1. The van der Waals surface area contributed by atoms with Crippen LogP contribution in [-0.2, 0) is 0 Å². The molecule has 0 aliphatic heterocycles. The molecule has 1 aromatic heterocycles. The van der Waals surface area contributed by atoms with Gasteiger partial charge in [0.25, 0.3) is 11.8 Å². The van der Waals surface area contributed by atoms with Crippen LogP contribution in [0.3, 0.4) is 0 Å². The van der Waals surface area contributed by atoms with Crippen molar-refractivity contribution in [1.29, 1.82) is 0 Å². The van der Waals surface area contributed by atoms with Gasteiger partial charge in [-0.3, -0.25) is 4.79 Å². The molecular formula is C23H19N3O4. The van der Waals surface area contributed by atoms with Crippen LogP contribution in [0.2, 0.25) is 0 Å². The summed E-state index contributed by atoms with van der Waals surface area (Å²) in [5, 5.41) is 6.92. The molecule has 0 bridgehead atoms. The second-order valence-electron chi connectivity index (χ2n) is 6.35. The van der Waals surface area contributed by atoms with Gasteiger partial charge < -0.3 is 19.3 Å². The zero-order valence-electron chi connectivity index (χ0n) is 16.5. The fourth-order valence-electron chi connectivity index (χ4n) is 3.00. The van der Waals surface area contributed by atoms with Crippen LogP contribution in [0.15, 0.2) is 77.3 Å². The summed E-state index contributed by atoms with van der Waals surface area (Å²) in [7, 11) is 3.16. The van der Waals surface area contributed by atoms with Crippen LogP contribution in [0, 0.1) is 0 Å². The normalized spacial score (nSPS) is 10.5. The largest absolute Gasteiger partial charge is 0.497 e. The van der Waals surface area contributed by atoms with Crippen molar-refractivity contribution in [3.8, 4) is 34.3 Å². The predicted molar refractivity (Wildman–Crippen MR) is 113 cm³/mol. The van der Waals surface area contributed by atoms with E-state index in [2.05, 4.69) is 15.5 Å². The number of nitrogens with zero attached hydrogens (tertiary/aromatic N) is 2. The Kier molecular flexibility index (Phi) is 5.43. The summed E-state index contributed by atoms with van der Waals surface area (Å²) in [6.45, 7) is 0. The van der Waals surface area contributed by atoms with E-state index in [0.29, 0.717) is 28.4 Å². The Morgan fingerprint density at radius 2 is 1.63 bits per heavy atom. The first-order chi connectivity index (χ1) is 14.7. The second kappa shape index (κ2) is 8.48. The van der Waals surface area contributed by atoms with Crippen LogP contribution in [0.5, 0.6) is 11.5 Å². The summed E-state index contributed by atoms with van der Waals surface area (Å²) in [6.07, 6.45) is 0. The van der Waals surface area contributed by atoms with Gasteiger partial charge in [-0.1, -0.05) is 29.4 Å². The minimum atomic E-state index is -0.306. The lowest BCUT2D eigenvalue weighted by Crippen LogP contribution is -2.13. The standard InChI is InChI=1S/C23H19N3O4/c1-28-16-13-11-15(12-14-16)21-25-23(30-26-21)18-8-4-3-7-17(18)22(27)24-19-9-5-6-10-20(19)29-2/h3-14H,1-2H3,(H,24,27). The third-order valence-electron chi connectivity index (χ3n) is 4.53. The lowest BCUT2D eigenvalue weighted by Gasteiger charge is -2.11. The average molecular weight is 401 g/mol. The summed E-state index contributed by atoms with van der Waals surface area (Å²) < 4.78 is 15.9. The van der Waals surface area contributed by atoms with Crippen LogP contribution in [0.4, 0.5) is 5.69 Å². The summed E-state index contributed by atoms with van der Waals surface area (Å²) in [4.78, 5) is 17.4. The number of carbonyl (C=O) groups is 1. The number of carbonyl (C=O) groups excluding carboxylic acids is 1. The molecule has 0 radical (unpaired) electrons. The van der Waals surface area contributed by atoms with Crippen LogP contribution in [-0.4, -0.2) is 30.3 Å². The van der Waals surface area contributed by atoms with E-state index in [0.717, 1.165) is 11.3 Å². The minimum absolute atomic E-state index is 0.256. The highest BCUT2D eigenvalue weighted by Gasteiger charge is 2.19. The molecular weight excluding hydrogens is 382 g/mol. The van der Waals surface area contributed by atoms with E-state index in [4.69, 9.17) is 14.0 Å². The van der Waals surface area contributed by atoms with E-state index in [1.54, 1.807) is 44.6 Å². The van der Waals surface area contributed by atoms with Crippen molar-refractivity contribution >= 4 is 11.6 Å². The van der Waals surface area contributed by atoms with E-state index < -0.39 is 0 Å². The number of amides is 1. The third kappa shape index (κ3) is 3.86. The Labute approximate surface area is 173 Å². The van der Waals surface area contributed by atoms with Crippen molar-refractivity contribution in [1.82, 2.24) is 10.1 Å². The number of rotatable bonds is 6. The zero-order chi connectivity index (χ0) is 20.9. The molecule has 0 unspecified atom stereocenters. The number of methoxy groups -OCH3 is 2. The number of benzene rings is 3. The molecule has 0 aliphatic carbocycles. The van der Waals surface area contributed by atoms with E-state index >= 15 is 0 Å². The molecule has 30 heavy (non-hydrogen) atoms. The van der Waals surface area contributed by atoms with Gasteiger partial charge in [-0.15, -0.1) is 0 Å². The van der Waals surface area contributed by atoms with Crippen LogP contribution in [0.1, 0.15) is 10.4 Å². The number of hydrogen-bond acceptors (Lipinski definition) is 6. The van der Waals surface area contributed by atoms with E-state index in [1.165, 1.54) is 0 Å².